The molecule has 1 aromatic carbocycles. The van der Waals surface area contributed by atoms with Gasteiger partial charge < -0.3 is 0 Å². The average molecular weight is 401 g/mol. The van der Waals surface area contributed by atoms with Crippen molar-refractivity contribution in [3.8, 4) is 0 Å². The zero-order valence-corrected chi connectivity index (χ0v) is 16.5. The first-order valence-electron chi connectivity index (χ1n) is 8.66. The second-order valence-electron chi connectivity index (χ2n) is 6.32. The number of aryl methyl sites for hydroxylation is 2. The molecule has 0 N–H and O–H groups in total. The summed E-state index contributed by atoms with van der Waals surface area (Å²) in [4.78, 5) is 44.4. The van der Waals surface area contributed by atoms with Gasteiger partial charge in [0.15, 0.2) is 5.65 Å². The van der Waals surface area contributed by atoms with Crippen molar-refractivity contribution in [1.82, 2.24) is 19.1 Å². The second kappa shape index (κ2) is 7.93. The van der Waals surface area contributed by atoms with Gasteiger partial charge in [0, 0.05) is 38.4 Å². The number of nitrogens with zero attached hydrogens (tertiary/aromatic N) is 5. The van der Waals surface area contributed by atoms with Crippen molar-refractivity contribution in [2.24, 2.45) is 14.1 Å². The maximum atomic E-state index is 12.7. The lowest BCUT2D eigenvalue weighted by molar-refractivity contribution is -0.384. The van der Waals surface area contributed by atoms with E-state index >= 15 is 0 Å². The molecule has 0 saturated carbocycles. The monoisotopic (exact) mass is 401 g/mol. The van der Waals surface area contributed by atoms with Crippen LogP contribution in [0.1, 0.15) is 24.7 Å². The highest BCUT2D eigenvalue weighted by Crippen LogP contribution is 2.27. The number of fused-ring (bicyclic) bond motifs is 1. The SMILES string of the molecule is CCCc1nc(SCc2cccc([N+](=O)[O-])c2)c2c(=O)n(C)c(=O)n(C)c2n1. The topological polar surface area (TPSA) is 113 Å². The van der Waals surface area contributed by atoms with E-state index in [1.54, 1.807) is 19.2 Å². The maximum Gasteiger partial charge on any atom is 0.332 e. The van der Waals surface area contributed by atoms with Crippen LogP contribution in [0.3, 0.4) is 0 Å². The van der Waals surface area contributed by atoms with Gasteiger partial charge in [-0.15, -0.1) is 11.8 Å². The molecule has 28 heavy (non-hydrogen) atoms. The van der Waals surface area contributed by atoms with Gasteiger partial charge in [0.1, 0.15) is 16.2 Å². The van der Waals surface area contributed by atoms with Gasteiger partial charge in [-0.25, -0.2) is 14.8 Å². The largest absolute Gasteiger partial charge is 0.332 e. The number of non-ortho nitro benzene ring substituents is 1. The van der Waals surface area contributed by atoms with E-state index in [1.807, 2.05) is 6.92 Å². The molecule has 3 rings (SSSR count). The Hall–Kier alpha value is -3.01. The average Bonchev–Trinajstić information content (AvgIpc) is 2.69. The molecule has 2 heterocycles. The fraction of sp³-hybridized carbons (Fsp3) is 0.333. The van der Waals surface area contributed by atoms with Crippen LogP contribution in [0.5, 0.6) is 0 Å². The van der Waals surface area contributed by atoms with Gasteiger partial charge in [-0.05, 0) is 12.0 Å². The van der Waals surface area contributed by atoms with Gasteiger partial charge in [0.2, 0.25) is 0 Å². The van der Waals surface area contributed by atoms with Crippen LogP contribution >= 0.6 is 11.8 Å². The van der Waals surface area contributed by atoms with E-state index in [1.165, 1.54) is 35.5 Å². The molecule has 0 atom stereocenters. The normalized spacial score (nSPS) is 11.1. The number of nitro groups is 1. The highest BCUT2D eigenvalue weighted by Gasteiger charge is 2.17. The second-order valence-corrected chi connectivity index (χ2v) is 7.28. The molecule has 0 aliphatic heterocycles. The fourth-order valence-corrected chi connectivity index (χ4v) is 3.80. The van der Waals surface area contributed by atoms with Crippen LogP contribution in [0.4, 0.5) is 5.69 Å². The van der Waals surface area contributed by atoms with E-state index in [-0.39, 0.29) is 11.1 Å². The lowest BCUT2D eigenvalue weighted by Crippen LogP contribution is -2.37. The molecule has 0 amide bonds. The summed E-state index contributed by atoms with van der Waals surface area (Å²) in [7, 11) is 2.99. The van der Waals surface area contributed by atoms with E-state index in [2.05, 4.69) is 9.97 Å². The number of aromatic nitrogens is 4. The molecule has 0 unspecified atom stereocenters. The number of thioether (sulfide) groups is 1. The van der Waals surface area contributed by atoms with E-state index in [0.717, 1.165) is 16.6 Å². The van der Waals surface area contributed by atoms with E-state index < -0.39 is 16.2 Å². The van der Waals surface area contributed by atoms with Crippen LogP contribution in [0.15, 0.2) is 38.9 Å². The number of hydrogen-bond donors (Lipinski definition) is 0. The molecule has 0 aliphatic carbocycles. The Morgan fingerprint density at radius 2 is 1.93 bits per heavy atom. The number of rotatable bonds is 6. The van der Waals surface area contributed by atoms with Crippen LogP contribution in [0.2, 0.25) is 0 Å². The smallest absolute Gasteiger partial charge is 0.280 e. The van der Waals surface area contributed by atoms with Crippen molar-refractivity contribution in [2.75, 3.05) is 0 Å². The maximum absolute atomic E-state index is 12.7. The summed E-state index contributed by atoms with van der Waals surface area (Å²) < 4.78 is 2.37. The van der Waals surface area contributed by atoms with E-state index in [0.29, 0.717) is 28.7 Å². The van der Waals surface area contributed by atoms with Gasteiger partial charge in [-0.3, -0.25) is 24.0 Å². The summed E-state index contributed by atoms with van der Waals surface area (Å²) in [6.45, 7) is 1.99. The van der Waals surface area contributed by atoms with Gasteiger partial charge >= 0.3 is 5.69 Å². The first kappa shape index (κ1) is 19.7. The van der Waals surface area contributed by atoms with Crippen LogP contribution in [-0.4, -0.2) is 24.0 Å². The Kier molecular flexibility index (Phi) is 5.59. The summed E-state index contributed by atoms with van der Waals surface area (Å²) in [5.41, 5.74) is 0.143. The summed E-state index contributed by atoms with van der Waals surface area (Å²) in [6.07, 6.45) is 1.43. The molecule has 0 fully saturated rings. The molecule has 146 valence electrons. The van der Waals surface area contributed by atoms with Crippen molar-refractivity contribution < 1.29 is 4.92 Å². The molecule has 0 aliphatic rings. The predicted molar refractivity (Wildman–Crippen MR) is 107 cm³/mol. The first-order chi connectivity index (χ1) is 13.3. The molecule has 2 aromatic heterocycles. The van der Waals surface area contributed by atoms with Gasteiger partial charge in [-0.1, -0.05) is 19.1 Å². The molecular weight excluding hydrogens is 382 g/mol. The van der Waals surface area contributed by atoms with Gasteiger partial charge in [0.25, 0.3) is 11.2 Å². The lowest BCUT2D eigenvalue weighted by Gasteiger charge is -2.11. The van der Waals surface area contributed by atoms with Crippen molar-refractivity contribution in [3.05, 3.63) is 66.6 Å². The standard InChI is InChI=1S/C18H19N5O4S/c1-4-6-13-19-15-14(17(24)22(3)18(25)21(15)2)16(20-13)28-10-11-7-5-8-12(9-11)23(26)27/h5,7-9H,4,6,10H2,1-3H3. The lowest BCUT2D eigenvalue weighted by atomic mass is 10.2. The molecule has 0 radical (unpaired) electrons. The third-order valence-corrected chi connectivity index (χ3v) is 5.33. The molecule has 0 spiro atoms. The van der Waals surface area contributed by atoms with Crippen molar-refractivity contribution in [3.63, 3.8) is 0 Å². The zero-order valence-electron chi connectivity index (χ0n) is 15.7. The fourth-order valence-electron chi connectivity index (χ4n) is 2.82. The first-order valence-corrected chi connectivity index (χ1v) is 9.64. The summed E-state index contributed by atoms with van der Waals surface area (Å²) in [6, 6.07) is 6.33. The quantitative estimate of drug-likeness (QED) is 0.269. The summed E-state index contributed by atoms with van der Waals surface area (Å²) >= 11 is 1.30. The Labute approximate surface area is 164 Å². The van der Waals surface area contributed by atoms with E-state index in [4.69, 9.17) is 0 Å². The third kappa shape index (κ3) is 3.68. The third-order valence-electron chi connectivity index (χ3n) is 4.28. The molecule has 0 saturated heterocycles. The molecular formula is C18H19N5O4S. The van der Waals surface area contributed by atoms with Crippen molar-refractivity contribution in [2.45, 2.75) is 30.5 Å². The zero-order chi connectivity index (χ0) is 20.4. The number of hydrogen-bond acceptors (Lipinski definition) is 7. The molecule has 10 heteroatoms. The van der Waals surface area contributed by atoms with Gasteiger partial charge in [-0.2, -0.15) is 0 Å². The summed E-state index contributed by atoms with van der Waals surface area (Å²) in [5.74, 6) is 0.950. The highest BCUT2D eigenvalue weighted by molar-refractivity contribution is 7.98. The van der Waals surface area contributed by atoms with E-state index in [9.17, 15) is 19.7 Å². The van der Waals surface area contributed by atoms with Crippen molar-refractivity contribution in [1.29, 1.82) is 0 Å². The molecule has 9 nitrogen and oxygen atoms in total. The Balaban J connectivity index is 2.11. The minimum Gasteiger partial charge on any atom is -0.280 e. The van der Waals surface area contributed by atoms with Crippen LogP contribution < -0.4 is 11.2 Å². The Morgan fingerprint density at radius 1 is 1.18 bits per heavy atom. The molecule has 0 bridgehead atoms. The summed E-state index contributed by atoms with van der Waals surface area (Å²) in [5, 5.41) is 11.7. The minimum absolute atomic E-state index is 0.00984. The van der Waals surface area contributed by atoms with Crippen molar-refractivity contribution >= 4 is 28.5 Å². The molecule has 3 aromatic rings. The Bertz CT molecular complexity index is 1190. The number of nitro benzene ring substituents is 1. The minimum atomic E-state index is -0.456. The van der Waals surface area contributed by atoms with Crippen LogP contribution in [0.25, 0.3) is 11.0 Å². The predicted octanol–water partition coefficient (Wildman–Crippen LogP) is 2.18. The Morgan fingerprint density at radius 3 is 2.61 bits per heavy atom. The number of benzene rings is 1. The van der Waals surface area contributed by atoms with Crippen LogP contribution in [-0.2, 0) is 26.3 Å². The van der Waals surface area contributed by atoms with Crippen LogP contribution in [0, 0.1) is 10.1 Å². The highest BCUT2D eigenvalue weighted by atomic mass is 32.2. The van der Waals surface area contributed by atoms with Gasteiger partial charge in [0.05, 0.1) is 4.92 Å².